The van der Waals surface area contributed by atoms with E-state index in [2.05, 4.69) is 4.90 Å². The summed E-state index contributed by atoms with van der Waals surface area (Å²) < 4.78 is 32.8. The summed E-state index contributed by atoms with van der Waals surface area (Å²) >= 11 is 0. The topological polar surface area (TPSA) is 49.9 Å². The van der Waals surface area contributed by atoms with E-state index in [0.29, 0.717) is 30.6 Å². The van der Waals surface area contributed by atoms with Gasteiger partial charge < -0.3 is 4.74 Å². The minimum atomic E-state index is -3.37. The number of nitrogens with zero attached hydrogens (tertiary/aromatic N) is 2. The Kier molecular flexibility index (Phi) is 3.20. The molecule has 0 bridgehead atoms. The van der Waals surface area contributed by atoms with Gasteiger partial charge in [-0.05, 0) is 43.1 Å². The number of fused-ring (bicyclic) bond motifs is 2. The molecule has 114 valence electrons. The van der Waals surface area contributed by atoms with Crippen molar-refractivity contribution >= 4 is 10.0 Å². The lowest BCUT2D eigenvalue weighted by Crippen LogP contribution is -2.51. The fourth-order valence-corrected chi connectivity index (χ4v) is 5.17. The minimum absolute atomic E-state index is 0.409. The Balaban J connectivity index is 1.61. The van der Waals surface area contributed by atoms with Gasteiger partial charge >= 0.3 is 0 Å². The molecule has 5 nitrogen and oxygen atoms in total. The fraction of sp³-hybridized carbons (Fsp3) is 0.600. The summed E-state index contributed by atoms with van der Waals surface area (Å²) in [6.45, 7) is 3.87. The van der Waals surface area contributed by atoms with Crippen LogP contribution in [0.25, 0.3) is 0 Å². The van der Waals surface area contributed by atoms with Crippen LogP contribution in [0.4, 0.5) is 0 Å². The zero-order chi connectivity index (χ0) is 14.4. The minimum Gasteiger partial charge on any atom is -0.493 e. The number of rotatable bonds is 2. The third-order valence-electron chi connectivity index (χ3n) is 4.85. The molecule has 2 fully saturated rings. The lowest BCUT2D eigenvalue weighted by atomic mass is 10.2. The van der Waals surface area contributed by atoms with E-state index in [9.17, 15) is 8.42 Å². The molecule has 21 heavy (non-hydrogen) atoms. The number of piperazine rings is 1. The lowest BCUT2D eigenvalue weighted by molar-refractivity contribution is 0.158. The SMILES string of the molecule is O=S(=O)(c1ccc2c(c1)CCO2)N1CCN2CCCC2C1. The summed E-state index contributed by atoms with van der Waals surface area (Å²) in [7, 11) is -3.37. The molecule has 1 aromatic rings. The first kappa shape index (κ1) is 13.5. The molecule has 0 saturated carbocycles. The summed E-state index contributed by atoms with van der Waals surface area (Å²) in [6, 6.07) is 5.67. The molecule has 3 aliphatic rings. The number of benzene rings is 1. The van der Waals surface area contributed by atoms with Crippen molar-refractivity contribution in [3.05, 3.63) is 23.8 Å². The maximum atomic E-state index is 12.8. The van der Waals surface area contributed by atoms with E-state index in [1.807, 2.05) is 0 Å². The largest absolute Gasteiger partial charge is 0.493 e. The predicted octanol–water partition coefficient (Wildman–Crippen LogP) is 1.09. The third-order valence-corrected chi connectivity index (χ3v) is 6.71. The van der Waals surface area contributed by atoms with Crippen molar-refractivity contribution in [1.82, 2.24) is 9.21 Å². The average Bonchev–Trinajstić information content (AvgIpc) is 3.14. The normalized spacial score (nSPS) is 26.4. The number of hydrogen-bond donors (Lipinski definition) is 0. The van der Waals surface area contributed by atoms with Crippen LogP contribution < -0.4 is 4.74 Å². The summed E-state index contributed by atoms with van der Waals surface area (Å²) in [4.78, 5) is 2.83. The van der Waals surface area contributed by atoms with Crippen LogP contribution >= 0.6 is 0 Å². The van der Waals surface area contributed by atoms with Crippen molar-refractivity contribution in [2.45, 2.75) is 30.2 Å². The fourth-order valence-electron chi connectivity index (χ4n) is 3.65. The van der Waals surface area contributed by atoms with E-state index in [1.165, 1.54) is 6.42 Å². The Hall–Kier alpha value is -1.11. The van der Waals surface area contributed by atoms with Gasteiger partial charge in [0.15, 0.2) is 0 Å². The van der Waals surface area contributed by atoms with Crippen LogP contribution in [0, 0.1) is 0 Å². The summed E-state index contributed by atoms with van der Waals surface area (Å²) in [5.74, 6) is 0.828. The standard InChI is InChI=1S/C15H20N2O3S/c18-21(19,14-3-4-15-12(10-14)5-9-20-15)17-8-7-16-6-1-2-13(16)11-17/h3-4,10,13H,1-2,5-9,11H2. The third kappa shape index (κ3) is 2.25. The van der Waals surface area contributed by atoms with Gasteiger partial charge in [-0.3, -0.25) is 4.90 Å². The number of ether oxygens (including phenoxy) is 1. The Morgan fingerprint density at radius 3 is 3.00 bits per heavy atom. The maximum Gasteiger partial charge on any atom is 0.243 e. The zero-order valence-electron chi connectivity index (χ0n) is 12.0. The van der Waals surface area contributed by atoms with Crippen molar-refractivity contribution in [1.29, 1.82) is 0 Å². The summed E-state index contributed by atoms with van der Waals surface area (Å²) in [5.41, 5.74) is 1.01. The monoisotopic (exact) mass is 308 g/mol. The Morgan fingerprint density at radius 1 is 1.19 bits per heavy atom. The highest BCUT2D eigenvalue weighted by molar-refractivity contribution is 7.89. The summed E-state index contributed by atoms with van der Waals surface area (Å²) in [6.07, 6.45) is 3.11. The molecule has 0 N–H and O–H groups in total. The summed E-state index contributed by atoms with van der Waals surface area (Å²) in [5, 5.41) is 0. The first-order valence-corrected chi connectivity index (χ1v) is 9.08. The van der Waals surface area contributed by atoms with Crippen molar-refractivity contribution in [3.63, 3.8) is 0 Å². The second kappa shape index (κ2) is 4.97. The smallest absolute Gasteiger partial charge is 0.243 e. The van der Waals surface area contributed by atoms with Crippen molar-refractivity contribution in [3.8, 4) is 5.75 Å². The van der Waals surface area contributed by atoms with Gasteiger partial charge in [-0.1, -0.05) is 0 Å². The highest BCUT2D eigenvalue weighted by Crippen LogP contribution is 2.30. The van der Waals surface area contributed by atoms with Gasteiger partial charge in [0, 0.05) is 32.1 Å². The maximum absolute atomic E-state index is 12.8. The Morgan fingerprint density at radius 2 is 2.10 bits per heavy atom. The van der Waals surface area contributed by atoms with Gasteiger partial charge in [0.1, 0.15) is 5.75 Å². The average molecular weight is 308 g/mol. The van der Waals surface area contributed by atoms with E-state index in [4.69, 9.17) is 4.74 Å². The molecular formula is C15H20N2O3S. The van der Waals surface area contributed by atoms with E-state index in [0.717, 1.165) is 37.2 Å². The van der Waals surface area contributed by atoms with E-state index in [1.54, 1.807) is 22.5 Å². The molecular weight excluding hydrogens is 288 g/mol. The molecule has 1 atom stereocenters. The van der Waals surface area contributed by atoms with Crippen molar-refractivity contribution in [2.24, 2.45) is 0 Å². The molecule has 6 heteroatoms. The molecule has 3 heterocycles. The molecule has 0 radical (unpaired) electrons. The first-order chi connectivity index (χ1) is 10.1. The highest BCUT2D eigenvalue weighted by atomic mass is 32.2. The Labute approximate surface area is 125 Å². The van der Waals surface area contributed by atoms with Gasteiger partial charge in [0.05, 0.1) is 11.5 Å². The van der Waals surface area contributed by atoms with E-state index >= 15 is 0 Å². The second-order valence-electron chi connectivity index (χ2n) is 6.06. The number of hydrogen-bond acceptors (Lipinski definition) is 4. The van der Waals surface area contributed by atoms with Crippen LogP contribution in [0.15, 0.2) is 23.1 Å². The van der Waals surface area contributed by atoms with Gasteiger partial charge in [-0.2, -0.15) is 4.31 Å². The zero-order valence-corrected chi connectivity index (χ0v) is 12.8. The quantitative estimate of drug-likeness (QED) is 0.821. The van der Waals surface area contributed by atoms with E-state index < -0.39 is 10.0 Å². The first-order valence-electron chi connectivity index (χ1n) is 7.64. The lowest BCUT2D eigenvalue weighted by Gasteiger charge is -2.36. The molecule has 2 saturated heterocycles. The van der Waals surface area contributed by atoms with Crippen molar-refractivity contribution in [2.75, 3.05) is 32.8 Å². The predicted molar refractivity (Wildman–Crippen MR) is 79.0 cm³/mol. The van der Waals surface area contributed by atoms with Crippen LogP contribution in [0.3, 0.4) is 0 Å². The van der Waals surface area contributed by atoms with Gasteiger partial charge in [0.25, 0.3) is 0 Å². The Bertz CT molecular complexity index is 659. The van der Waals surface area contributed by atoms with E-state index in [-0.39, 0.29) is 0 Å². The highest BCUT2D eigenvalue weighted by Gasteiger charge is 2.36. The molecule has 0 aromatic heterocycles. The molecule has 1 unspecified atom stereocenters. The van der Waals surface area contributed by atoms with Gasteiger partial charge in [0.2, 0.25) is 10.0 Å². The van der Waals surface area contributed by atoms with Crippen molar-refractivity contribution < 1.29 is 13.2 Å². The van der Waals surface area contributed by atoms with Crippen LogP contribution in [-0.2, 0) is 16.4 Å². The van der Waals surface area contributed by atoms with Gasteiger partial charge in [-0.25, -0.2) is 8.42 Å². The molecule has 1 aromatic carbocycles. The van der Waals surface area contributed by atoms with Crippen LogP contribution in [0.5, 0.6) is 5.75 Å². The molecule has 0 spiro atoms. The second-order valence-corrected chi connectivity index (χ2v) is 8.00. The van der Waals surface area contributed by atoms with Crippen LogP contribution in [-0.4, -0.2) is 56.5 Å². The van der Waals surface area contributed by atoms with Crippen LogP contribution in [0.1, 0.15) is 18.4 Å². The molecule has 4 rings (SSSR count). The van der Waals surface area contributed by atoms with Crippen LogP contribution in [0.2, 0.25) is 0 Å². The molecule has 3 aliphatic heterocycles. The molecule has 0 amide bonds. The number of sulfonamides is 1. The van der Waals surface area contributed by atoms with Gasteiger partial charge in [-0.15, -0.1) is 0 Å². The molecule has 0 aliphatic carbocycles.